The quantitative estimate of drug-likeness (QED) is 0.495. The van der Waals surface area contributed by atoms with Gasteiger partial charge in [-0.2, -0.15) is 0 Å². The first-order chi connectivity index (χ1) is 4.70. The highest BCUT2D eigenvalue weighted by Gasteiger charge is 2.00. The first-order valence-electron chi connectivity index (χ1n) is 2.98. The van der Waals surface area contributed by atoms with Gasteiger partial charge >= 0.3 is 0 Å². The predicted molar refractivity (Wildman–Crippen MR) is 38.9 cm³/mol. The van der Waals surface area contributed by atoms with Crippen LogP contribution >= 0.6 is 0 Å². The van der Waals surface area contributed by atoms with E-state index in [1.807, 2.05) is 6.92 Å². The SMILES string of the molecule is CC(=O)C1=C=C=NC(C)=C1. The monoisotopic (exact) mass is 133 g/mol. The number of Topliss-reactive ketones (excluding diaryl/α,β-unsaturated/α-hetero) is 1. The van der Waals surface area contributed by atoms with Crippen molar-refractivity contribution in [2.45, 2.75) is 13.8 Å². The Balaban J connectivity index is 3.11. The molecule has 0 spiro atoms. The average molecular weight is 133 g/mol. The van der Waals surface area contributed by atoms with Crippen molar-refractivity contribution >= 4 is 11.7 Å². The van der Waals surface area contributed by atoms with E-state index in [-0.39, 0.29) is 5.78 Å². The van der Waals surface area contributed by atoms with E-state index in [0.29, 0.717) is 5.57 Å². The molecule has 2 nitrogen and oxygen atoms in total. The Morgan fingerprint density at radius 2 is 2.40 bits per heavy atom. The minimum Gasteiger partial charge on any atom is -0.294 e. The fourth-order valence-electron chi connectivity index (χ4n) is 0.643. The lowest BCUT2D eigenvalue weighted by atomic mass is 10.1. The van der Waals surface area contributed by atoms with Crippen LogP contribution in [0, 0.1) is 0 Å². The maximum atomic E-state index is 10.7. The van der Waals surface area contributed by atoms with E-state index in [1.165, 1.54) is 6.92 Å². The number of nitrogens with zero attached hydrogens (tertiary/aromatic N) is 1. The number of ketones is 1. The summed E-state index contributed by atoms with van der Waals surface area (Å²) in [6, 6.07) is 0. The third kappa shape index (κ3) is 1.32. The van der Waals surface area contributed by atoms with Gasteiger partial charge in [-0.1, -0.05) is 0 Å². The maximum Gasteiger partial charge on any atom is 0.168 e. The fourth-order valence-corrected chi connectivity index (χ4v) is 0.643. The van der Waals surface area contributed by atoms with E-state index in [1.54, 1.807) is 6.08 Å². The Labute approximate surface area is 59.3 Å². The van der Waals surface area contributed by atoms with Crippen molar-refractivity contribution in [1.82, 2.24) is 0 Å². The minimum atomic E-state index is 0.00162. The largest absolute Gasteiger partial charge is 0.294 e. The van der Waals surface area contributed by atoms with E-state index in [4.69, 9.17) is 0 Å². The van der Waals surface area contributed by atoms with Crippen molar-refractivity contribution in [1.29, 1.82) is 0 Å². The Hall–Kier alpha value is -1.36. The van der Waals surface area contributed by atoms with E-state index in [2.05, 4.69) is 16.6 Å². The molecular weight excluding hydrogens is 126 g/mol. The van der Waals surface area contributed by atoms with Crippen LogP contribution in [0.4, 0.5) is 0 Å². The van der Waals surface area contributed by atoms with E-state index in [9.17, 15) is 4.79 Å². The lowest BCUT2D eigenvalue weighted by molar-refractivity contribution is -0.113. The second-order valence-electron chi connectivity index (χ2n) is 2.10. The topological polar surface area (TPSA) is 29.4 Å². The molecule has 0 radical (unpaired) electrons. The summed E-state index contributed by atoms with van der Waals surface area (Å²) in [5.74, 6) is 2.52. The molecule has 0 saturated heterocycles. The van der Waals surface area contributed by atoms with Gasteiger partial charge in [-0.05, 0) is 25.7 Å². The molecule has 0 unspecified atom stereocenters. The van der Waals surface area contributed by atoms with Crippen LogP contribution in [0.1, 0.15) is 13.8 Å². The molecule has 0 aliphatic carbocycles. The fraction of sp³-hybridized carbons (Fsp3) is 0.250. The van der Waals surface area contributed by atoms with Gasteiger partial charge in [-0.25, -0.2) is 4.99 Å². The van der Waals surface area contributed by atoms with Crippen molar-refractivity contribution in [3.05, 3.63) is 23.1 Å². The molecule has 0 fully saturated rings. The Morgan fingerprint density at radius 1 is 1.70 bits per heavy atom. The lowest BCUT2D eigenvalue weighted by Gasteiger charge is -1.93. The number of aliphatic imine (C=N–C) groups is 1. The highest BCUT2D eigenvalue weighted by Crippen LogP contribution is 2.04. The minimum absolute atomic E-state index is 0.00162. The van der Waals surface area contributed by atoms with Crippen LogP contribution in [0.5, 0.6) is 0 Å². The van der Waals surface area contributed by atoms with Gasteiger partial charge in [0.05, 0.1) is 5.57 Å². The van der Waals surface area contributed by atoms with Crippen molar-refractivity contribution in [3.63, 3.8) is 0 Å². The Kier molecular flexibility index (Phi) is 1.68. The molecule has 50 valence electrons. The highest BCUT2D eigenvalue weighted by molar-refractivity contribution is 5.97. The third-order valence-corrected chi connectivity index (χ3v) is 1.16. The summed E-state index contributed by atoms with van der Waals surface area (Å²) < 4.78 is 0. The average Bonchev–Trinajstić information content (AvgIpc) is 1.88. The van der Waals surface area contributed by atoms with Gasteiger partial charge in [0.15, 0.2) is 5.78 Å². The molecule has 10 heavy (non-hydrogen) atoms. The molecule has 0 atom stereocenters. The molecule has 0 aromatic rings. The van der Waals surface area contributed by atoms with Crippen molar-refractivity contribution in [2.75, 3.05) is 0 Å². The van der Waals surface area contributed by atoms with Crippen LogP contribution in [0.25, 0.3) is 0 Å². The second-order valence-corrected chi connectivity index (χ2v) is 2.10. The van der Waals surface area contributed by atoms with Crippen LogP contribution in [0.3, 0.4) is 0 Å². The highest BCUT2D eigenvalue weighted by atomic mass is 16.1. The van der Waals surface area contributed by atoms with E-state index in [0.717, 1.165) is 5.70 Å². The molecule has 1 aliphatic rings. The molecule has 1 heterocycles. The zero-order valence-electron chi connectivity index (χ0n) is 5.93. The predicted octanol–water partition coefficient (Wildman–Crippen LogP) is 1.24. The molecule has 0 amide bonds. The normalized spacial score (nSPS) is 14.6. The molecule has 0 saturated carbocycles. The molecule has 0 bridgehead atoms. The summed E-state index contributed by atoms with van der Waals surface area (Å²) in [5.41, 5.74) is 3.97. The van der Waals surface area contributed by atoms with Crippen LogP contribution in [0.15, 0.2) is 28.1 Å². The van der Waals surface area contributed by atoms with E-state index < -0.39 is 0 Å². The van der Waals surface area contributed by atoms with Gasteiger partial charge < -0.3 is 0 Å². The van der Waals surface area contributed by atoms with Crippen LogP contribution in [-0.2, 0) is 4.79 Å². The zero-order valence-corrected chi connectivity index (χ0v) is 5.93. The molecule has 0 N–H and O–H groups in total. The zero-order chi connectivity index (χ0) is 7.56. The summed E-state index contributed by atoms with van der Waals surface area (Å²) in [6.45, 7) is 3.32. The molecule has 1 rings (SSSR count). The van der Waals surface area contributed by atoms with Crippen molar-refractivity contribution in [2.24, 2.45) is 4.99 Å². The number of carbonyl (C=O) groups is 1. The number of carbonyl (C=O) groups excluding carboxylic acids is 1. The number of rotatable bonds is 1. The summed E-state index contributed by atoms with van der Waals surface area (Å²) in [7, 11) is 0. The number of hydrogen-bond acceptors (Lipinski definition) is 2. The summed E-state index contributed by atoms with van der Waals surface area (Å²) >= 11 is 0. The van der Waals surface area contributed by atoms with Crippen molar-refractivity contribution in [3.8, 4) is 0 Å². The Morgan fingerprint density at radius 3 is 2.80 bits per heavy atom. The molecule has 0 aromatic carbocycles. The second kappa shape index (κ2) is 2.49. The number of hydrogen-bond donors (Lipinski definition) is 0. The Bertz CT molecular complexity index is 297. The van der Waals surface area contributed by atoms with Crippen LogP contribution in [0.2, 0.25) is 0 Å². The van der Waals surface area contributed by atoms with Gasteiger partial charge in [0.2, 0.25) is 0 Å². The first-order valence-corrected chi connectivity index (χ1v) is 2.98. The third-order valence-electron chi connectivity index (χ3n) is 1.16. The van der Waals surface area contributed by atoms with Gasteiger partial charge in [0.1, 0.15) is 0 Å². The maximum absolute atomic E-state index is 10.7. The van der Waals surface area contributed by atoms with Crippen LogP contribution in [-0.4, -0.2) is 11.7 Å². The summed E-state index contributed by atoms with van der Waals surface area (Å²) in [4.78, 5) is 14.5. The molecule has 2 heteroatoms. The van der Waals surface area contributed by atoms with Crippen molar-refractivity contribution < 1.29 is 4.79 Å². The lowest BCUT2D eigenvalue weighted by Crippen LogP contribution is -1.93. The molecule has 0 aromatic heterocycles. The van der Waals surface area contributed by atoms with Crippen LogP contribution < -0.4 is 0 Å². The summed E-state index contributed by atoms with van der Waals surface area (Å²) in [5, 5.41) is 0. The van der Waals surface area contributed by atoms with Gasteiger partial charge in [-0.3, -0.25) is 4.79 Å². The molecule has 1 aliphatic heterocycles. The van der Waals surface area contributed by atoms with E-state index >= 15 is 0 Å². The van der Waals surface area contributed by atoms with Gasteiger partial charge in [0, 0.05) is 11.6 Å². The standard InChI is InChI=1S/C8H7NO/c1-6-5-8(7(2)10)3-4-9-6/h5H,1-2H3. The first kappa shape index (κ1) is 6.76. The number of allylic oxidation sites excluding steroid dienone is 3. The molecular formula is C8H7NO. The van der Waals surface area contributed by atoms with Gasteiger partial charge in [-0.15, -0.1) is 0 Å². The smallest absolute Gasteiger partial charge is 0.168 e. The van der Waals surface area contributed by atoms with Gasteiger partial charge in [0.25, 0.3) is 0 Å². The summed E-state index contributed by atoms with van der Waals surface area (Å²) in [6.07, 6.45) is 1.69.